The molecule has 0 fully saturated rings. The molecule has 0 atom stereocenters. The van der Waals surface area contributed by atoms with Gasteiger partial charge in [-0.3, -0.25) is 9.97 Å². The predicted octanol–water partition coefficient (Wildman–Crippen LogP) is 6.41. The van der Waals surface area contributed by atoms with E-state index >= 15 is 0 Å². The van der Waals surface area contributed by atoms with E-state index in [1.807, 2.05) is 36.7 Å². The summed E-state index contributed by atoms with van der Waals surface area (Å²) in [5.74, 6) is 0. The molecule has 1 aliphatic rings. The van der Waals surface area contributed by atoms with Crippen LogP contribution < -0.4 is 10.2 Å². The van der Waals surface area contributed by atoms with E-state index in [2.05, 4.69) is 92.9 Å². The number of aromatic nitrogens is 6. The first-order chi connectivity index (χ1) is 16.9. The first-order valence-electron chi connectivity index (χ1n) is 12.8. The molecule has 0 spiro atoms. The molecular weight excluding hydrogens is 639 g/mol. The molecule has 6 nitrogen and oxygen atoms in total. The molecule has 4 heterocycles. The monoisotopic (exact) mass is 677 g/mol. The molecule has 7 heteroatoms. The molecule has 0 saturated heterocycles. The number of hydrogen-bond acceptors (Lipinski definition) is 4. The maximum Gasteiger partial charge on any atom is 2.00 e. The number of hydrogen-bond donors (Lipinski definition) is 0. The van der Waals surface area contributed by atoms with Gasteiger partial charge in [0, 0.05) is 34.6 Å². The van der Waals surface area contributed by atoms with Gasteiger partial charge in [-0.05, 0) is 60.1 Å². The van der Waals surface area contributed by atoms with Crippen molar-refractivity contribution >= 4 is 0 Å². The van der Waals surface area contributed by atoms with Gasteiger partial charge in [-0.25, -0.2) is 0 Å². The molecule has 0 saturated carbocycles. The maximum atomic E-state index is 4.83. The number of rotatable bonds is 2. The maximum absolute atomic E-state index is 4.83. The molecule has 0 aromatic carbocycles. The predicted molar refractivity (Wildman–Crippen MR) is 145 cm³/mol. The largest absolute Gasteiger partial charge is 2.00 e. The Kier molecular flexibility index (Phi) is 8.63. The molecule has 0 unspecified atom stereocenters. The summed E-state index contributed by atoms with van der Waals surface area (Å²) in [6.07, 6.45) is 7.02. The van der Waals surface area contributed by atoms with Crippen LogP contribution in [0.15, 0.2) is 48.8 Å². The van der Waals surface area contributed by atoms with Gasteiger partial charge >= 0.3 is 21.1 Å². The van der Waals surface area contributed by atoms with Crippen molar-refractivity contribution in [3.63, 3.8) is 0 Å². The van der Waals surface area contributed by atoms with E-state index in [1.165, 1.54) is 17.5 Å². The summed E-state index contributed by atoms with van der Waals surface area (Å²) in [5.41, 5.74) is 8.46. The van der Waals surface area contributed by atoms with Gasteiger partial charge < -0.3 is 20.4 Å². The number of fused-ring (bicyclic) bond motifs is 1. The molecule has 5 rings (SSSR count). The van der Waals surface area contributed by atoms with Crippen molar-refractivity contribution in [3.05, 3.63) is 71.3 Å². The zero-order chi connectivity index (χ0) is 26.1. The third-order valence-corrected chi connectivity index (χ3v) is 6.80. The second-order valence-electron chi connectivity index (χ2n) is 12.4. The van der Waals surface area contributed by atoms with Crippen molar-refractivity contribution in [1.82, 2.24) is 30.4 Å². The second kappa shape index (κ2) is 11.0. The number of nitrogens with zero attached hydrogens (tertiary/aromatic N) is 6. The number of pyridine rings is 2. The van der Waals surface area contributed by atoms with Crippen LogP contribution in [0.1, 0.15) is 90.7 Å². The topological polar surface area (TPSA) is 79.8 Å². The van der Waals surface area contributed by atoms with Crippen molar-refractivity contribution in [1.29, 1.82) is 0 Å². The van der Waals surface area contributed by atoms with Crippen molar-refractivity contribution in [3.8, 4) is 22.8 Å². The Morgan fingerprint density at radius 3 is 2.11 bits per heavy atom. The Morgan fingerprint density at radius 2 is 1.51 bits per heavy atom. The molecule has 198 valence electrons. The first kappa shape index (κ1) is 29.0. The Balaban J connectivity index is 0.000000293. The van der Waals surface area contributed by atoms with Gasteiger partial charge in [-0.15, -0.1) is 0 Å². The zero-order valence-corrected chi connectivity index (χ0v) is 25.5. The summed E-state index contributed by atoms with van der Waals surface area (Å²) < 4.78 is 0. The van der Waals surface area contributed by atoms with Gasteiger partial charge in [-0.2, -0.15) is 0 Å². The van der Waals surface area contributed by atoms with Crippen molar-refractivity contribution in [2.45, 2.75) is 90.9 Å². The second-order valence-corrected chi connectivity index (χ2v) is 12.4. The van der Waals surface area contributed by atoms with E-state index < -0.39 is 0 Å². The van der Waals surface area contributed by atoms with Crippen molar-refractivity contribution < 1.29 is 21.1 Å². The Hall–Kier alpha value is -2.59. The van der Waals surface area contributed by atoms with Crippen LogP contribution in [0, 0.1) is 0 Å². The molecule has 0 N–H and O–H groups in total. The molecule has 1 aliphatic carbocycles. The van der Waals surface area contributed by atoms with Crippen LogP contribution in [0.5, 0.6) is 0 Å². The van der Waals surface area contributed by atoms with E-state index in [9.17, 15) is 0 Å². The smallest absolute Gasteiger partial charge is 0.573 e. The SMILES string of the molecule is CC(C)(C)c1cc(-c2cccc(-c3[n-]nc4c3CCCC4(C)C)n2)[n-]n1.CC(C)(C)c1ccncc1.[Pt+2]. The summed E-state index contributed by atoms with van der Waals surface area (Å²) in [6.45, 7) is 17.5. The summed E-state index contributed by atoms with van der Waals surface area (Å²) >= 11 is 0. The van der Waals surface area contributed by atoms with Gasteiger partial charge in [-0.1, -0.05) is 78.9 Å². The van der Waals surface area contributed by atoms with Gasteiger partial charge in [0.1, 0.15) is 0 Å². The standard InChI is InChI=1S/C21H25N5.C9H13N.Pt/c1-20(2,3)17-12-16(23-24-17)14-9-6-10-15(22-14)18-13-8-7-11-21(4,5)19(13)26-25-18;1-9(2,3)8-4-6-10-7-5-8;/h6,9-10,12H,7-8,11H2,1-5H3;4-7H,1-3H3;/q-2;;+2. The third-order valence-electron chi connectivity index (χ3n) is 6.80. The third kappa shape index (κ3) is 6.65. The van der Waals surface area contributed by atoms with Crippen LogP contribution in [0.25, 0.3) is 22.8 Å². The summed E-state index contributed by atoms with van der Waals surface area (Å²) in [4.78, 5) is 8.79. The van der Waals surface area contributed by atoms with Gasteiger partial charge in [0.25, 0.3) is 0 Å². The van der Waals surface area contributed by atoms with E-state index in [-0.39, 0.29) is 37.3 Å². The quantitative estimate of drug-likeness (QED) is 0.244. The Labute approximate surface area is 235 Å². The molecule has 4 aromatic rings. The van der Waals surface area contributed by atoms with Crippen molar-refractivity contribution in [2.24, 2.45) is 0 Å². The molecular formula is C30H38N6Pt. The minimum Gasteiger partial charge on any atom is -0.573 e. The van der Waals surface area contributed by atoms with E-state index in [0.29, 0.717) is 0 Å². The molecule has 0 aliphatic heterocycles. The van der Waals surface area contributed by atoms with Crippen LogP contribution in [0.3, 0.4) is 0 Å². The molecule has 0 amide bonds. The molecule has 37 heavy (non-hydrogen) atoms. The summed E-state index contributed by atoms with van der Waals surface area (Å²) in [7, 11) is 0. The fraction of sp³-hybridized carbons (Fsp3) is 0.467. The Bertz CT molecular complexity index is 1310. The van der Waals surface area contributed by atoms with Crippen LogP contribution in [-0.4, -0.2) is 20.2 Å². The zero-order valence-electron chi connectivity index (χ0n) is 23.2. The summed E-state index contributed by atoms with van der Waals surface area (Å²) in [5, 5.41) is 17.7. The van der Waals surface area contributed by atoms with Crippen LogP contribution >= 0.6 is 0 Å². The molecule has 0 radical (unpaired) electrons. The fourth-order valence-electron chi connectivity index (χ4n) is 4.49. The molecule has 4 aromatic heterocycles. The van der Waals surface area contributed by atoms with Crippen LogP contribution in [-0.2, 0) is 43.7 Å². The Morgan fingerprint density at radius 1 is 0.838 bits per heavy atom. The van der Waals surface area contributed by atoms with E-state index in [1.54, 1.807) is 0 Å². The molecule has 0 bridgehead atoms. The average Bonchev–Trinajstić information content (AvgIpc) is 3.48. The van der Waals surface area contributed by atoms with E-state index in [4.69, 9.17) is 4.98 Å². The fourth-order valence-corrected chi connectivity index (χ4v) is 4.49. The van der Waals surface area contributed by atoms with Gasteiger partial charge in [0.05, 0.1) is 11.4 Å². The average molecular weight is 678 g/mol. The van der Waals surface area contributed by atoms with Crippen molar-refractivity contribution in [2.75, 3.05) is 0 Å². The van der Waals surface area contributed by atoms with Crippen LogP contribution in [0.4, 0.5) is 0 Å². The van der Waals surface area contributed by atoms with E-state index in [0.717, 1.165) is 47.0 Å². The first-order valence-corrected chi connectivity index (χ1v) is 12.8. The van der Waals surface area contributed by atoms with Crippen LogP contribution in [0.2, 0.25) is 0 Å². The van der Waals surface area contributed by atoms with Gasteiger partial charge in [0.15, 0.2) is 0 Å². The van der Waals surface area contributed by atoms with Gasteiger partial charge in [0.2, 0.25) is 0 Å². The minimum absolute atomic E-state index is 0. The summed E-state index contributed by atoms with van der Waals surface area (Å²) in [6, 6.07) is 12.1. The normalized spacial score (nSPS) is 14.7. The minimum atomic E-state index is -0.0231.